The molecule has 0 unspecified atom stereocenters. The third kappa shape index (κ3) is 6.55. The molecule has 0 saturated carbocycles. The number of rotatable bonds is 7. The topological polar surface area (TPSA) is 70.2 Å². The second kappa shape index (κ2) is 9.62. The van der Waals surface area contributed by atoms with Gasteiger partial charge >= 0.3 is 0 Å². The highest BCUT2D eigenvalue weighted by molar-refractivity contribution is 14.1. The molecule has 0 aliphatic rings. The highest BCUT2D eigenvalue weighted by Crippen LogP contribution is 2.25. The summed E-state index contributed by atoms with van der Waals surface area (Å²) in [6.45, 7) is 2.05. The van der Waals surface area contributed by atoms with Gasteiger partial charge in [-0.3, -0.25) is 9.59 Å². The molecule has 2 amide bonds. The van der Waals surface area contributed by atoms with Crippen molar-refractivity contribution in [2.24, 2.45) is 0 Å². The lowest BCUT2D eigenvalue weighted by molar-refractivity contribution is -0.116. The molecule has 0 fully saturated rings. The Morgan fingerprint density at radius 1 is 1.00 bits per heavy atom. The summed E-state index contributed by atoms with van der Waals surface area (Å²) in [7, 11) is 0. The van der Waals surface area contributed by atoms with Crippen molar-refractivity contribution in [1.29, 1.82) is 0 Å². The van der Waals surface area contributed by atoms with E-state index in [1.54, 1.807) is 18.2 Å². The molecule has 2 rings (SSSR count). The first kappa shape index (κ1) is 19.5. The van der Waals surface area contributed by atoms with Gasteiger partial charge in [0.25, 0.3) is 0 Å². The molecule has 0 aromatic heterocycles. The van der Waals surface area contributed by atoms with Crippen molar-refractivity contribution in [3.05, 3.63) is 51.1 Å². The van der Waals surface area contributed by atoms with E-state index in [2.05, 4.69) is 38.5 Å². The Kier molecular flexibility index (Phi) is 7.52. The van der Waals surface area contributed by atoms with Crippen molar-refractivity contribution in [2.75, 3.05) is 22.5 Å². The van der Waals surface area contributed by atoms with Gasteiger partial charge in [-0.25, -0.2) is 0 Å². The van der Waals surface area contributed by atoms with Gasteiger partial charge in [0, 0.05) is 21.4 Å². The Morgan fingerprint density at radius 2 is 1.68 bits per heavy atom. The van der Waals surface area contributed by atoms with Crippen LogP contribution in [0.2, 0.25) is 5.02 Å². The van der Waals surface area contributed by atoms with Crippen molar-refractivity contribution in [2.45, 2.75) is 19.8 Å². The van der Waals surface area contributed by atoms with Crippen molar-refractivity contribution in [3.63, 3.8) is 0 Å². The van der Waals surface area contributed by atoms with Gasteiger partial charge in [0.2, 0.25) is 11.8 Å². The first-order valence-corrected chi connectivity index (χ1v) is 9.32. The summed E-state index contributed by atoms with van der Waals surface area (Å²) in [6.07, 6.45) is 1.22. The van der Waals surface area contributed by atoms with E-state index in [1.807, 2.05) is 31.2 Å². The number of anilines is 3. The van der Waals surface area contributed by atoms with Gasteiger partial charge in [-0.1, -0.05) is 18.5 Å². The zero-order valence-corrected chi connectivity index (χ0v) is 16.6. The van der Waals surface area contributed by atoms with Gasteiger partial charge in [0.1, 0.15) is 0 Å². The standard InChI is InChI=1S/C18H19ClIN3O2/c1-2-3-17(24)22-14-8-9-15(19)16(10-14)23-18(25)11-21-13-6-4-12(20)5-7-13/h4-10,21H,2-3,11H2,1H3,(H,22,24)(H,23,25). The van der Waals surface area contributed by atoms with Gasteiger partial charge in [-0.05, 0) is 71.5 Å². The molecular weight excluding hydrogens is 453 g/mol. The number of hydrogen-bond acceptors (Lipinski definition) is 3. The van der Waals surface area contributed by atoms with Crippen molar-refractivity contribution >= 4 is 63.1 Å². The first-order chi connectivity index (χ1) is 12.0. The summed E-state index contributed by atoms with van der Waals surface area (Å²) in [5.74, 6) is -0.292. The van der Waals surface area contributed by atoms with Crippen molar-refractivity contribution in [3.8, 4) is 0 Å². The predicted octanol–water partition coefficient (Wildman–Crippen LogP) is 4.73. The first-order valence-electron chi connectivity index (χ1n) is 7.86. The lowest BCUT2D eigenvalue weighted by atomic mass is 10.2. The molecule has 2 aromatic rings. The van der Waals surface area contributed by atoms with E-state index >= 15 is 0 Å². The van der Waals surface area contributed by atoms with Gasteiger partial charge in [0.05, 0.1) is 17.3 Å². The van der Waals surface area contributed by atoms with Crippen LogP contribution in [-0.4, -0.2) is 18.4 Å². The summed E-state index contributed by atoms with van der Waals surface area (Å²) in [5, 5.41) is 8.99. The molecule has 7 heteroatoms. The van der Waals surface area contributed by atoms with E-state index < -0.39 is 0 Å². The SMILES string of the molecule is CCCC(=O)Nc1ccc(Cl)c(NC(=O)CNc2ccc(I)cc2)c1. The van der Waals surface area contributed by atoms with Crippen LogP contribution >= 0.6 is 34.2 Å². The predicted molar refractivity (Wildman–Crippen MR) is 111 cm³/mol. The second-order valence-electron chi connectivity index (χ2n) is 5.40. The Labute approximate surface area is 165 Å². The van der Waals surface area contributed by atoms with E-state index in [-0.39, 0.29) is 18.4 Å². The third-order valence-electron chi connectivity index (χ3n) is 3.30. The minimum Gasteiger partial charge on any atom is -0.376 e. The molecule has 132 valence electrons. The van der Waals surface area contributed by atoms with E-state index in [0.717, 1.165) is 15.7 Å². The van der Waals surface area contributed by atoms with Crippen LogP contribution in [0.1, 0.15) is 19.8 Å². The summed E-state index contributed by atoms with van der Waals surface area (Å²) >= 11 is 8.35. The molecule has 25 heavy (non-hydrogen) atoms. The molecule has 2 aromatic carbocycles. The fourth-order valence-electron chi connectivity index (χ4n) is 2.09. The van der Waals surface area contributed by atoms with Crippen LogP contribution in [-0.2, 0) is 9.59 Å². The molecule has 0 heterocycles. The zero-order chi connectivity index (χ0) is 18.2. The normalized spacial score (nSPS) is 10.2. The Balaban J connectivity index is 1.94. The van der Waals surface area contributed by atoms with Crippen LogP contribution in [0.25, 0.3) is 0 Å². The number of carbonyl (C=O) groups is 2. The number of hydrogen-bond donors (Lipinski definition) is 3. The second-order valence-corrected chi connectivity index (χ2v) is 7.05. The van der Waals surface area contributed by atoms with E-state index in [0.29, 0.717) is 22.8 Å². The number of benzene rings is 2. The van der Waals surface area contributed by atoms with Gasteiger partial charge in [-0.15, -0.1) is 0 Å². The number of amides is 2. The summed E-state index contributed by atoms with van der Waals surface area (Å²) in [4.78, 5) is 23.8. The molecule has 0 radical (unpaired) electrons. The van der Waals surface area contributed by atoms with E-state index in [4.69, 9.17) is 11.6 Å². The minimum absolute atomic E-state index is 0.0672. The lowest BCUT2D eigenvalue weighted by Crippen LogP contribution is -2.22. The highest BCUT2D eigenvalue weighted by Gasteiger charge is 2.08. The van der Waals surface area contributed by atoms with Crippen molar-refractivity contribution in [1.82, 2.24) is 0 Å². The van der Waals surface area contributed by atoms with Crippen LogP contribution < -0.4 is 16.0 Å². The molecule has 0 spiro atoms. The van der Waals surface area contributed by atoms with Gasteiger partial charge in [0.15, 0.2) is 0 Å². The summed E-state index contributed by atoms with van der Waals surface area (Å²) in [6, 6.07) is 12.7. The smallest absolute Gasteiger partial charge is 0.243 e. The van der Waals surface area contributed by atoms with Crippen LogP contribution in [0.15, 0.2) is 42.5 Å². The molecule has 0 aliphatic heterocycles. The fourth-order valence-corrected chi connectivity index (χ4v) is 2.62. The van der Waals surface area contributed by atoms with E-state index in [9.17, 15) is 9.59 Å². The van der Waals surface area contributed by atoms with Crippen LogP contribution in [0.3, 0.4) is 0 Å². The average Bonchev–Trinajstić information content (AvgIpc) is 2.57. The maximum absolute atomic E-state index is 12.1. The number of halogens is 2. The molecule has 0 atom stereocenters. The average molecular weight is 472 g/mol. The fraction of sp³-hybridized carbons (Fsp3) is 0.222. The molecule has 3 N–H and O–H groups in total. The Hall–Kier alpha value is -1.80. The zero-order valence-electron chi connectivity index (χ0n) is 13.7. The molecule has 5 nitrogen and oxygen atoms in total. The van der Waals surface area contributed by atoms with Crippen LogP contribution in [0.4, 0.5) is 17.1 Å². The molecule has 0 aliphatic carbocycles. The summed E-state index contributed by atoms with van der Waals surface area (Å²) < 4.78 is 1.13. The Morgan fingerprint density at radius 3 is 2.36 bits per heavy atom. The maximum Gasteiger partial charge on any atom is 0.243 e. The Bertz CT molecular complexity index is 750. The van der Waals surface area contributed by atoms with Crippen LogP contribution in [0, 0.1) is 3.57 Å². The van der Waals surface area contributed by atoms with E-state index in [1.165, 1.54) is 0 Å². The summed E-state index contributed by atoms with van der Waals surface area (Å²) in [5.41, 5.74) is 1.93. The maximum atomic E-state index is 12.1. The molecule has 0 saturated heterocycles. The molecule has 0 bridgehead atoms. The minimum atomic E-state index is -0.225. The lowest BCUT2D eigenvalue weighted by Gasteiger charge is -2.11. The highest BCUT2D eigenvalue weighted by atomic mass is 127. The quantitative estimate of drug-likeness (QED) is 0.511. The van der Waals surface area contributed by atoms with Crippen LogP contribution in [0.5, 0.6) is 0 Å². The van der Waals surface area contributed by atoms with Gasteiger partial charge in [-0.2, -0.15) is 0 Å². The number of carbonyl (C=O) groups excluding carboxylic acids is 2. The van der Waals surface area contributed by atoms with Crippen molar-refractivity contribution < 1.29 is 9.59 Å². The molecular formula is C18H19ClIN3O2. The largest absolute Gasteiger partial charge is 0.376 e. The third-order valence-corrected chi connectivity index (χ3v) is 4.35. The monoisotopic (exact) mass is 471 g/mol. The number of nitrogens with one attached hydrogen (secondary N) is 3. The van der Waals surface area contributed by atoms with Gasteiger partial charge < -0.3 is 16.0 Å².